The van der Waals surface area contributed by atoms with E-state index in [1.54, 1.807) is 25.3 Å². The molecular formula is C17H14BrClN2O3. The summed E-state index contributed by atoms with van der Waals surface area (Å²) in [7, 11) is 1.62. The predicted octanol–water partition coefficient (Wildman–Crippen LogP) is 5.30. The summed E-state index contributed by atoms with van der Waals surface area (Å²) in [5, 5.41) is 8.76. The van der Waals surface area contributed by atoms with Gasteiger partial charge in [-0.2, -0.15) is 0 Å². The smallest absolute Gasteiger partial charge is 0.257 e. The molecule has 0 saturated carbocycles. The number of benzene rings is 2. The van der Waals surface area contributed by atoms with Crippen molar-refractivity contribution in [2.24, 2.45) is 0 Å². The van der Waals surface area contributed by atoms with Crippen molar-refractivity contribution in [2.45, 2.75) is 13.0 Å². The summed E-state index contributed by atoms with van der Waals surface area (Å²) in [4.78, 5) is 0. The van der Waals surface area contributed by atoms with Crippen LogP contribution >= 0.6 is 27.5 Å². The van der Waals surface area contributed by atoms with Gasteiger partial charge in [-0.25, -0.2) is 0 Å². The molecular weight excluding hydrogens is 396 g/mol. The second kappa shape index (κ2) is 7.23. The Hall–Kier alpha value is -2.05. The molecule has 0 bridgehead atoms. The normalized spacial score (nSPS) is 12.0. The van der Waals surface area contributed by atoms with Gasteiger partial charge >= 0.3 is 0 Å². The van der Waals surface area contributed by atoms with E-state index in [-0.39, 0.29) is 0 Å². The molecule has 1 aromatic heterocycles. The number of aromatic nitrogens is 2. The van der Waals surface area contributed by atoms with E-state index in [0.717, 1.165) is 15.8 Å². The molecule has 1 atom stereocenters. The zero-order valence-corrected chi connectivity index (χ0v) is 15.3. The van der Waals surface area contributed by atoms with Crippen LogP contribution in [0.15, 0.2) is 51.4 Å². The number of halogens is 2. The molecule has 0 aliphatic carbocycles. The molecule has 0 N–H and O–H groups in total. The van der Waals surface area contributed by atoms with Gasteiger partial charge < -0.3 is 13.9 Å². The van der Waals surface area contributed by atoms with Gasteiger partial charge in [0.15, 0.2) is 6.10 Å². The van der Waals surface area contributed by atoms with Crippen molar-refractivity contribution in [3.8, 4) is 23.0 Å². The van der Waals surface area contributed by atoms with Crippen LogP contribution in [0.3, 0.4) is 0 Å². The Morgan fingerprint density at radius 3 is 2.54 bits per heavy atom. The van der Waals surface area contributed by atoms with Gasteiger partial charge in [0.2, 0.25) is 5.89 Å². The topological polar surface area (TPSA) is 57.4 Å². The average Bonchev–Trinajstić information content (AvgIpc) is 3.07. The second-order valence-electron chi connectivity index (χ2n) is 5.01. The monoisotopic (exact) mass is 408 g/mol. The van der Waals surface area contributed by atoms with Crippen LogP contribution in [-0.4, -0.2) is 17.3 Å². The van der Waals surface area contributed by atoms with Crippen molar-refractivity contribution >= 4 is 27.5 Å². The summed E-state index contributed by atoms with van der Waals surface area (Å²) < 4.78 is 17.5. The number of nitrogens with zero attached hydrogens (tertiary/aromatic N) is 2. The molecule has 7 heteroatoms. The van der Waals surface area contributed by atoms with Crippen molar-refractivity contribution in [3.63, 3.8) is 0 Å². The Bertz CT molecular complexity index is 836. The van der Waals surface area contributed by atoms with Crippen LogP contribution < -0.4 is 9.47 Å². The molecule has 3 rings (SSSR count). The fraction of sp³-hybridized carbons (Fsp3) is 0.176. The largest absolute Gasteiger partial charge is 0.497 e. The van der Waals surface area contributed by atoms with Crippen LogP contribution in [0.2, 0.25) is 5.02 Å². The van der Waals surface area contributed by atoms with Crippen molar-refractivity contribution in [3.05, 3.63) is 57.9 Å². The van der Waals surface area contributed by atoms with Crippen LogP contribution in [0.4, 0.5) is 0 Å². The highest BCUT2D eigenvalue weighted by molar-refractivity contribution is 9.10. The Balaban J connectivity index is 1.76. The van der Waals surface area contributed by atoms with E-state index in [2.05, 4.69) is 26.1 Å². The molecule has 124 valence electrons. The first-order chi connectivity index (χ1) is 11.6. The lowest BCUT2D eigenvalue weighted by atomic mass is 10.2. The van der Waals surface area contributed by atoms with E-state index < -0.39 is 6.10 Å². The maximum absolute atomic E-state index is 5.93. The van der Waals surface area contributed by atoms with Crippen LogP contribution in [0.25, 0.3) is 11.5 Å². The summed E-state index contributed by atoms with van der Waals surface area (Å²) in [6, 6.07) is 12.7. The van der Waals surface area contributed by atoms with Gasteiger partial charge in [0, 0.05) is 10.6 Å². The molecule has 0 fully saturated rings. The lowest BCUT2D eigenvalue weighted by Crippen LogP contribution is -2.03. The minimum atomic E-state index is -0.401. The van der Waals surface area contributed by atoms with Crippen LogP contribution in [0.1, 0.15) is 18.9 Å². The lowest BCUT2D eigenvalue weighted by molar-refractivity contribution is 0.188. The van der Waals surface area contributed by atoms with Gasteiger partial charge in [0.05, 0.1) is 11.6 Å². The predicted molar refractivity (Wildman–Crippen MR) is 94.5 cm³/mol. The third-order valence-electron chi connectivity index (χ3n) is 3.32. The van der Waals surface area contributed by atoms with Gasteiger partial charge in [-0.3, -0.25) is 0 Å². The van der Waals surface area contributed by atoms with E-state index >= 15 is 0 Å². The van der Waals surface area contributed by atoms with E-state index in [1.807, 2.05) is 31.2 Å². The summed E-state index contributed by atoms with van der Waals surface area (Å²) >= 11 is 9.34. The first-order valence-electron chi connectivity index (χ1n) is 7.16. The third kappa shape index (κ3) is 3.71. The van der Waals surface area contributed by atoms with Gasteiger partial charge in [-0.15, -0.1) is 10.2 Å². The van der Waals surface area contributed by atoms with Crippen molar-refractivity contribution in [1.29, 1.82) is 0 Å². The minimum Gasteiger partial charge on any atom is -0.497 e. The number of ether oxygens (including phenoxy) is 2. The van der Waals surface area contributed by atoms with Crippen molar-refractivity contribution in [2.75, 3.05) is 7.11 Å². The molecule has 1 heterocycles. The molecule has 0 unspecified atom stereocenters. The Morgan fingerprint density at radius 1 is 1.12 bits per heavy atom. The molecule has 0 aliphatic rings. The van der Waals surface area contributed by atoms with E-state index in [1.165, 1.54) is 0 Å². The number of rotatable bonds is 5. The molecule has 3 aromatic rings. The Morgan fingerprint density at radius 2 is 1.88 bits per heavy atom. The standard InChI is InChI=1S/C17H14BrClN2O3/c1-10(23-15-8-5-12(19)9-14(15)18)16-20-21-17(24-16)11-3-6-13(22-2)7-4-11/h3-10H,1-2H3/t10-/m1/s1. The first-order valence-corrected chi connectivity index (χ1v) is 8.33. The maximum atomic E-state index is 5.93. The second-order valence-corrected chi connectivity index (χ2v) is 6.30. The van der Waals surface area contributed by atoms with Crippen molar-refractivity contribution in [1.82, 2.24) is 10.2 Å². The number of hydrogen-bond donors (Lipinski definition) is 0. The van der Waals surface area contributed by atoms with Gasteiger partial charge in [0.25, 0.3) is 5.89 Å². The Kier molecular flexibility index (Phi) is 5.06. The molecule has 0 spiro atoms. The van der Waals surface area contributed by atoms with E-state index in [4.69, 9.17) is 25.5 Å². The number of methoxy groups -OCH3 is 1. The van der Waals surface area contributed by atoms with E-state index in [0.29, 0.717) is 22.6 Å². The SMILES string of the molecule is COc1ccc(-c2nnc([C@@H](C)Oc3ccc(Cl)cc3Br)o2)cc1. The highest BCUT2D eigenvalue weighted by atomic mass is 79.9. The van der Waals surface area contributed by atoms with Crippen LogP contribution in [0.5, 0.6) is 11.5 Å². The summed E-state index contributed by atoms with van der Waals surface area (Å²) in [5.41, 5.74) is 0.814. The average molecular weight is 410 g/mol. The lowest BCUT2D eigenvalue weighted by Gasteiger charge is -2.12. The molecule has 0 aliphatic heterocycles. The zero-order valence-electron chi connectivity index (χ0n) is 13.0. The minimum absolute atomic E-state index is 0.391. The summed E-state index contributed by atoms with van der Waals surface area (Å²) in [6.07, 6.45) is -0.401. The van der Waals surface area contributed by atoms with Gasteiger partial charge in [0.1, 0.15) is 11.5 Å². The van der Waals surface area contributed by atoms with E-state index in [9.17, 15) is 0 Å². The van der Waals surface area contributed by atoms with Crippen LogP contribution in [-0.2, 0) is 0 Å². The first kappa shape index (κ1) is 16.8. The third-order valence-corrected chi connectivity index (χ3v) is 4.18. The fourth-order valence-electron chi connectivity index (χ4n) is 2.06. The quantitative estimate of drug-likeness (QED) is 0.572. The van der Waals surface area contributed by atoms with Gasteiger partial charge in [-0.1, -0.05) is 11.6 Å². The Labute approximate surface area is 152 Å². The summed E-state index contributed by atoms with van der Waals surface area (Å²) in [6.45, 7) is 1.84. The fourth-order valence-corrected chi connectivity index (χ4v) is 2.84. The number of hydrogen-bond acceptors (Lipinski definition) is 5. The molecule has 0 saturated heterocycles. The highest BCUT2D eigenvalue weighted by Crippen LogP contribution is 2.32. The molecule has 2 aromatic carbocycles. The van der Waals surface area contributed by atoms with Crippen LogP contribution in [0, 0.1) is 0 Å². The van der Waals surface area contributed by atoms with Gasteiger partial charge in [-0.05, 0) is 65.3 Å². The summed E-state index contributed by atoms with van der Waals surface area (Å²) in [5.74, 6) is 2.24. The van der Waals surface area contributed by atoms with Crippen molar-refractivity contribution < 1.29 is 13.9 Å². The zero-order chi connectivity index (χ0) is 17.1. The maximum Gasteiger partial charge on any atom is 0.257 e. The highest BCUT2D eigenvalue weighted by Gasteiger charge is 2.17. The molecule has 0 amide bonds. The molecule has 0 radical (unpaired) electrons. The molecule has 24 heavy (non-hydrogen) atoms. The molecule has 5 nitrogen and oxygen atoms in total.